The van der Waals surface area contributed by atoms with Crippen LogP contribution in [-0.2, 0) is 13.1 Å². The second kappa shape index (κ2) is 8.50. The lowest BCUT2D eigenvalue weighted by Gasteiger charge is -2.17. The summed E-state index contributed by atoms with van der Waals surface area (Å²) in [6.45, 7) is 1.19. The lowest BCUT2D eigenvalue weighted by atomic mass is 10.2. The van der Waals surface area contributed by atoms with Crippen LogP contribution in [0.4, 0.5) is 5.69 Å². The second-order valence-electron chi connectivity index (χ2n) is 6.09. The summed E-state index contributed by atoms with van der Waals surface area (Å²) in [7, 11) is 1.79. The van der Waals surface area contributed by atoms with E-state index >= 15 is 0 Å². The molecule has 1 aromatic heterocycles. The molecule has 1 amide bonds. The maximum atomic E-state index is 12.7. The summed E-state index contributed by atoms with van der Waals surface area (Å²) in [5, 5.41) is 4.00. The van der Waals surface area contributed by atoms with Crippen molar-refractivity contribution in [1.29, 1.82) is 0 Å². The monoisotopic (exact) mass is 365 g/mol. The normalized spacial score (nSPS) is 10.4. The fourth-order valence-corrected chi connectivity index (χ4v) is 2.74. The SMILES string of the molecule is CN(Cc1ccccc1)C(=O)c1cncc(NCc2ccc(Cl)cc2)c1. The molecule has 0 unspecified atom stereocenters. The molecule has 0 aliphatic carbocycles. The van der Waals surface area contributed by atoms with Crippen molar-refractivity contribution in [3.05, 3.63) is 94.8 Å². The standard InChI is InChI=1S/C21H20ClN3O/c1-25(15-17-5-3-2-4-6-17)21(26)18-11-20(14-23-13-18)24-12-16-7-9-19(22)10-8-16/h2-11,13-14,24H,12,15H2,1H3. The molecule has 0 aliphatic rings. The molecule has 3 rings (SSSR count). The van der Waals surface area contributed by atoms with Crippen molar-refractivity contribution in [1.82, 2.24) is 9.88 Å². The van der Waals surface area contributed by atoms with Crippen molar-refractivity contribution < 1.29 is 4.79 Å². The molecule has 0 radical (unpaired) electrons. The average Bonchev–Trinajstić information content (AvgIpc) is 2.68. The first-order chi connectivity index (χ1) is 12.6. The highest BCUT2D eigenvalue weighted by atomic mass is 35.5. The lowest BCUT2D eigenvalue weighted by Crippen LogP contribution is -2.26. The van der Waals surface area contributed by atoms with E-state index in [2.05, 4.69) is 10.3 Å². The summed E-state index contributed by atoms with van der Waals surface area (Å²) in [4.78, 5) is 18.5. The molecule has 1 heterocycles. The van der Waals surface area contributed by atoms with Crippen LogP contribution in [0, 0.1) is 0 Å². The molecule has 0 saturated heterocycles. The minimum atomic E-state index is -0.0588. The van der Waals surface area contributed by atoms with Crippen LogP contribution in [0.1, 0.15) is 21.5 Å². The molecule has 0 spiro atoms. The molecule has 132 valence electrons. The molecule has 0 saturated carbocycles. The largest absolute Gasteiger partial charge is 0.380 e. The van der Waals surface area contributed by atoms with E-state index in [-0.39, 0.29) is 5.91 Å². The highest BCUT2D eigenvalue weighted by Crippen LogP contribution is 2.15. The van der Waals surface area contributed by atoms with Crippen LogP contribution in [0.15, 0.2) is 73.1 Å². The smallest absolute Gasteiger partial charge is 0.255 e. The summed E-state index contributed by atoms with van der Waals surface area (Å²) >= 11 is 5.90. The minimum absolute atomic E-state index is 0.0588. The maximum Gasteiger partial charge on any atom is 0.255 e. The number of pyridine rings is 1. The number of benzene rings is 2. The van der Waals surface area contributed by atoms with Gasteiger partial charge in [-0.25, -0.2) is 0 Å². The van der Waals surface area contributed by atoms with Crippen molar-refractivity contribution in [2.24, 2.45) is 0 Å². The van der Waals surface area contributed by atoms with Gasteiger partial charge in [0.2, 0.25) is 0 Å². The zero-order chi connectivity index (χ0) is 18.4. The van der Waals surface area contributed by atoms with Gasteiger partial charge in [0, 0.05) is 37.6 Å². The molecule has 1 N–H and O–H groups in total. The van der Waals surface area contributed by atoms with Crippen molar-refractivity contribution in [3.8, 4) is 0 Å². The number of anilines is 1. The molecule has 0 fully saturated rings. The van der Waals surface area contributed by atoms with Gasteiger partial charge >= 0.3 is 0 Å². The molecular weight excluding hydrogens is 346 g/mol. The van der Waals surface area contributed by atoms with Crippen molar-refractivity contribution in [2.45, 2.75) is 13.1 Å². The molecule has 3 aromatic rings. The number of amides is 1. The number of halogens is 1. The van der Waals surface area contributed by atoms with Crippen molar-refractivity contribution >= 4 is 23.2 Å². The van der Waals surface area contributed by atoms with Crippen molar-refractivity contribution in [3.63, 3.8) is 0 Å². The Morgan fingerprint density at radius 2 is 1.77 bits per heavy atom. The van der Waals surface area contributed by atoms with Crippen LogP contribution < -0.4 is 5.32 Å². The van der Waals surface area contributed by atoms with E-state index in [4.69, 9.17) is 11.6 Å². The number of nitrogens with one attached hydrogen (secondary N) is 1. The van der Waals surface area contributed by atoms with E-state index in [0.29, 0.717) is 23.7 Å². The fraction of sp³-hybridized carbons (Fsp3) is 0.143. The molecular formula is C21H20ClN3O. The Bertz CT molecular complexity index is 866. The van der Waals surface area contributed by atoms with Crippen LogP contribution >= 0.6 is 11.6 Å². The third-order valence-electron chi connectivity index (χ3n) is 4.00. The average molecular weight is 366 g/mol. The zero-order valence-electron chi connectivity index (χ0n) is 14.5. The first kappa shape index (κ1) is 18.0. The predicted octanol–water partition coefficient (Wildman–Crippen LogP) is 4.62. The van der Waals surface area contributed by atoms with Gasteiger partial charge in [0.1, 0.15) is 0 Å². The van der Waals surface area contributed by atoms with Gasteiger partial charge in [0.15, 0.2) is 0 Å². The number of aromatic nitrogens is 1. The predicted molar refractivity (Wildman–Crippen MR) is 105 cm³/mol. The Balaban J connectivity index is 1.64. The number of hydrogen-bond donors (Lipinski definition) is 1. The molecule has 0 bridgehead atoms. The van der Waals surface area contributed by atoms with Gasteiger partial charge in [0.25, 0.3) is 5.91 Å². The van der Waals surface area contributed by atoms with Crippen LogP contribution in [-0.4, -0.2) is 22.8 Å². The van der Waals surface area contributed by atoms with Gasteiger partial charge in [-0.05, 0) is 29.3 Å². The van der Waals surface area contributed by atoms with Gasteiger partial charge in [0.05, 0.1) is 11.3 Å². The van der Waals surface area contributed by atoms with E-state index in [0.717, 1.165) is 16.8 Å². The third kappa shape index (κ3) is 4.83. The molecule has 0 atom stereocenters. The fourth-order valence-electron chi connectivity index (χ4n) is 2.61. The lowest BCUT2D eigenvalue weighted by molar-refractivity contribution is 0.0784. The summed E-state index contributed by atoms with van der Waals surface area (Å²) in [5.74, 6) is -0.0588. The molecule has 0 aliphatic heterocycles. The molecule has 26 heavy (non-hydrogen) atoms. The molecule has 2 aromatic carbocycles. The van der Waals surface area contributed by atoms with Gasteiger partial charge in [-0.3, -0.25) is 9.78 Å². The summed E-state index contributed by atoms with van der Waals surface area (Å²) in [6, 6.07) is 19.4. The number of rotatable bonds is 6. The molecule has 5 heteroatoms. The Morgan fingerprint density at radius 3 is 2.50 bits per heavy atom. The molecule has 4 nitrogen and oxygen atoms in total. The van der Waals surface area contributed by atoms with Crippen LogP contribution in [0.3, 0.4) is 0 Å². The first-order valence-electron chi connectivity index (χ1n) is 8.34. The van der Waals surface area contributed by atoms with E-state index in [1.807, 2.05) is 60.7 Å². The number of hydrogen-bond acceptors (Lipinski definition) is 3. The second-order valence-corrected chi connectivity index (χ2v) is 6.53. The van der Waals surface area contributed by atoms with E-state index in [1.165, 1.54) is 0 Å². The third-order valence-corrected chi connectivity index (χ3v) is 4.26. The first-order valence-corrected chi connectivity index (χ1v) is 8.72. The Labute approximate surface area is 158 Å². The van der Waals surface area contributed by atoms with E-state index in [1.54, 1.807) is 24.3 Å². The zero-order valence-corrected chi connectivity index (χ0v) is 15.3. The van der Waals surface area contributed by atoms with Crippen LogP contribution in [0.2, 0.25) is 5.02 Å². The van der Waals surface area contributed by atoms with Crippen LogP contribution in [0.25, 0.3) is 0 Å². The Morgan fingerprint density at radius 1 is 1.04 bits per heavy atom. The number of carbonyl (C=O) groups excluding carboxylic acids is 1. The Kier molecular flexibility index (Phi) is 5.87. The number of carbonyl (C=O) groups is 1. The summed E-state index contributed by atoms with van der Waals surface area (Å²) < 4.78 is 0. The van der Waals surface area contributed by atoms with E-state index in [9.17, 15) is 4.79 Å². The van der Waals surface area contributed by atoms with Gasteiger partial charge < -0.3 is 10.2 Å². The van der Waals surface area contributed by atoms with Crippen LogP contribution in [0.5, 0.6) is 0 Å². The van der Waals surface area contributed by atoms with Crippen molar-refractivity contribution in [2.75, 3.05) is 12.4 Å². The van der Waals surface area contributed by atoms with Gasteiger partial charge in [-0.15, -0.1) is 0 Å². The highest BCUT2D eigenvalue weighted by Gasteiger charge is 2.13. The van der Waals surface area contributed by atoms with Gasteiger partial charge in [-0.1, -0.05) is 54.1 Å². The summed E-state index contributed by atoms with van der Waals surface area (Å²) in [6.07, 6.45) is 3.31. The summed E-state index contributed by atoms with van der Waals surface area (Å²) in [5.41, 5.74) is 3.56. The minimum Gasteiger partial charge on any atom is -0.380 e. The Hall–Kier alpha value is -2.85. The highest BCUT2D eigenvalue weighted by molar-refractivity contribution is 6.30. The topological polar surface area (TPSA) is 45.2 Å². The quantitative estimate of drug-likeness (QED) is 0.693. The van der Waals surface area contributed by atoms with Gasteiger partial charge in [-0.2, -0.15) is 0 Å². The maximum absolute atomic E-state index is 12.7. The van der Waals surface area contributed by atoms with E-state index < -0.39 is 0 Å². The number of nitrogens with zero attached hydrogens (tertiary/aromatic N) is 2.